The molecule has 1 fully saturated rings. The van der Waals surface area contributed by atoms with E-state index in [0.717, 1.165) is 46.1 Å². The van der Waals surface area contributed by atoms with Gasteiger partial charge in [0.25, 0.3) is 5.91 Å². The standard InChI is InChI=1S/C15H20BrIN2O/c1-18(2)10-11-5-7-19(8-6-11)15(20)13-9-12(17)3-4-14(13)16/h3-4,9,11H,5-8,10H2,1-2H3. The molecule has 1 aliphatic rings. The molecular formula is C15H20BrIN2O. The van der Waals surface area contributed by atoms with Gasteiger partial charge in [-0.1, -0.05) is 0 Å². The first kappa shape index (κ1) is 16.2. The summed E-state index contributed by atoms with van der Waals surface area (Å²) in [5.41, 5.74) is 0.781. The molecule has 110 valence electrons. The van der Waals surface area contributed by atoms with Gasteiger partial charge in [-0.05, 0) is 89.6 Å². The van der Waals surface area contributed by atoms with Gasteiger partial charge in [0.05, 0.1) is 5.56 Å². The lowest BCUT2D eigenvalue weighted by Gasteiger charge is -2.33. The molecule has 20 heavy (non-hydrogen) atoms. The lowest BCUT2D eigenvalue weighted by molar-refractivity contribution is 0.0677. The first-order valence-electron chi connectivity index (χ1n) is 6.86. The Labute approximate surface area is 143 Å². The number of carbonyl (C=O) groups excluding carboxylic acids is 1. The zero-order valence-corrected chi connectivity index (χ0v) is 15.6. The van der Waals surface area contributed by atoms with Crippen LogP contribution in [0.5, 0.6) is 0 Å². The summed E-state index contributed by atoms with van der Waals surface area (Å²) in [6.45, 7) is 2.86. The molecule has 0 atom stereocenters. The van der Waals surface area contributed by atoms with Crippen molar-refractivity contribution in [2.45, 2.75) is 12.8 Å². The number of rotatable bonds is 3. The second-order valence-electron chi connectivity index (χ2n) is 5.62. The van der Waals surface area contributed by atoms with Crippen LogP contribution in [0.4, 0.5) is 0 Å². The zero-order valence-electron chi connectivity index (χ0n) is 11.9. The van der Waals surface area contributed by atoms with Crippen LogP contribution in [0.15, 0.2) is 22.7 Å². The van der Waals surface area contributed by atoms with E-state index in [1.807, 2.05) is 23.1 Å². The molecule has 1 aromatic rings. The number of halogens is 2. The molecule has 1 saturated heterocycles. The Hall–Kier alpha value is -0.140. The third-order valence-corrected chi connectivity index (χ3v) is 5.05. The first-order valence-corrected chi connectivity index (χ1v) is 8.73. The molecule has 1 amide bonds. The molecule has 1 heterocycles. The Morgan fingerprint density at radius 3 is 2.65 bits per heavy atom. The molecule has 0 bridgehead atoms. The molecule has 0 spiro atoms. The third-order valence-electron chi connectivity index (χ3n) is 3.68. The average molecular weight is 451 g/mol. The van der Waals surface area contributed by atoms with E-state index in [0.29, 0.717) is 5.92 Å². The second-order valence-corrected chi connectivity index (χ2v) is 7.72. The maximum absolute atomic E-state index is 12.6. The average Bonchev–Trinajstić information content (AvgIpc) is 2.41. The van der Waals surface area contributed by atoms with Crippen molar-refractivity contribution >= 4 is 44.4 Å². The summed E-state index contributed by atoms with van der Waals surface area (Å²) in [6, 6.07) is 5.91. The largest absolute Gasteiger partial charge is 0.339 e. The van der Waals surface area contributed by atoms with Crippen LogP contribution in [0.25, 0.3) is 0 Å². The van der Waals surface area contributed by atoms with Crippen LogP contribution in [-0.4, -0.2) is 49.4 Å². The molecule has 0 aliphatic carbocycles. The van der Waals surface area contributed by atoms with Gasteiger partial charge < -0.3 is 9.80 Å². The van der Waals surface area contributed by atoms with Gasteiger partial charge in [-0.25, -0.2) is 0 Å². The van der Waals surface area contributed by atoms with Gasteiger partial charge in [-0.2, -0.15) is 0 Å². The zero-order chi connectivity index (χ0) is 14.7. The molecule has 0 N–H and O–H groups in total. The highest BCUT2D eigenvalue weighted by Crippen LogP contribution is 2.24. The Balaban J connectivity index is 2.00. The van der Waals surface area contributed by atoms with Crippen LogP contribution >= 0.6 is 38.5 Å². The monoisotopic (exact) mass is 450 g/mol. The Bertz CT molecular complexity index is 485. The van der Waals surface area contributed by atoms with E-state index in [2.05, 4.69) is 57.5 Å². The highest BCUT2D eigenvalue weighted by atomic mass is 127. The predicted octanol–water partition coefficient (Wildman–Crippen LogP) is 3.47. The normalized spacial score (nSPS) is 16.8. The van der Waals surface area contributed by atoms with Crippen molar-refractivity contribution in [2.24, 2.45) is 5.92 Å². The fourth-order valence-electron chi connectivity index (χ4n) is 2.67. The third kappa shape index (κ3) is 4.18. The molecular weight excluding hydrogens is 431 g/mol. The van der Waals surface area contributed by atoms with E-state index >= 15 is 0 Å². The summed E-state index contributed by atoms with van der Waals surface area (Å²) >= 11 is 5.73. The lowest BCUT2D eigenvalue weighted by Crippen LogP contribution is -2.40. The molecule has 0 unspecified atom stereocenters. The van der Waals surface area contributed by atoms with E-state index in [9.17, 15) is 4.79 Å². The number of amides is 1. The molecule has 3 nitrogen and oxygen atoms in total. The fourth-order valence-corrected chi connectivity index (χ4v) is 3.57. The number of nitrogens with zero attached hydrogens (tertiary/aromatic N) is 2. The molecule has 0 saturated carbocycles. The minimum atomic E-state index is 0.152. The van der Waals surface area contributed by atoms with Crippen molar-refractivity contribution in [3.8, 4) is 0 Å². The molecule has 1 aromatic carbocycles. The van der Waals surface area contributed by atoms with E-state index in [4.69, 9.17) is 0 Å². The number of likely N-dealkylation sites (tertiary alicyclic amines) is 1. The number of piperidine rings is 1. The smallest absolute Gasteiger partial charge is 0.255 e. The highest BCUT2D eigenvalue weighted by molar-refractivity contribution is 14.1. The molecule has 5 heteroatoms. The summed E-state index contributed by atoms with van der Waals surface area (Å²) in [5, 5.41) is 0. The second kappa shape index (κ2) is 7.22. The van der Waals surface area contributed by atoms with Gasteiger partial charge in [0.2, 0.25) is 0 Å². The van der Waals surface area contributed by atoms with E-state index < -0.39 is 0 Å². The van der Waals surface area contributed by atoms with Crippen molar-refractivity contribution in [3.63, 3.8) is 0 Å². The van der Waals surface area contributed by atoms with Crippen LogP contribution in [0.3, 0.4) is 0 Å². The van der Waals surface area contributed by atoms with Gasteiger partial charge in [0.15, 0.2) is 0 Å². The first-order chi connectivity index (χ1) is 9.47. The fraction of sp³-hybridized carbons (Fsp3) is 0.533. The molecule has 2 rings (SSSR count). The van der Waals surface area contributed by atoms with Crippen molar-refractivity contribution in [1.29, 1.82) is 0 Å². The van der Waals surface area contributed by atoms with E-state index in [1.54, 1.807) is 0 Å². The Morgan fingerprint density at radius 1 is 1.40 bits per heavy atom. The minimum absolute atomic E-state index is 0.152. The van der Waals surface area contributed by atoms with Gasteiger partial charge in [0, 0.05) is 27.7 Å². The van der Waals surface area contributed by atoms with Crippen LogP contribution < -0.4 is 0 Å². The number of hydrogen-bond acceptors (Lipinski definition) is 2. The predicted molar refractivity (Wildman–Crippen MR) is 94.0 cm³/mol. The van der Waals surface area contributed by atoms with Crippen LogP contribution in [0.1, 0.15) is 23.2 Å². The summed E-state index contributed by atoms with van der Waals surface area (Å²) in [5.74, 6) is 0.868. The summed E-state index contributed by atoms with van der Waals surface area (Å²) < 4.78 is 1.98. The maximum Gasteiger partial charge on any atom is 0.255 e. The van der Waals surface area contributed by atoms with Gasteiger partial charge in [-0.3, -0.25) is 4.79 Å². The molecule has 0 aromatic heterocycles. The lowest BCUT2D eigenvalue weighted by atomic mass is 9.96. The number of hydrogen-bond donors (Lipinski definition) is 0. The van der Waals surface area contributed by atoms with Crippen molar-refractivity contribution in [1.82, 2.24) is 9.80 Å². The van der Waals surface area contributed by atoms with Crippen LogP contribution in [-0.2, 0) is 0 Å². The van der Waals surface area contributed by atoms with E-state index in [-0.39, 0.29) is 5.91 Å². The molecule has 0 radical (unpaired) electrons. The maximum atomic E-state index is 12.6. The summed E-state index contributed by atoms with van der Waals surface area (Å²) in [7, 11) is 4.22. The van der Waals surface area contributed by atoms with Gasteiger partial charge >= 0.3 is 0 Å². The van der Waals surface area contributed by atoms with Crippen molar-refractivity contribution in [2.75, 3.05) is 33.7 Å². The topological polar surface area (TPSA) is 23.6 Å². The Kier molecular flexibility index (Phi) is 5.86. The van der Waals surface area contributed by atoms with Gasteiger partial charge in [0.1, 0.15) is 0 Å². The van der Waals surface area contributed by atoms with Crippen molar-refractivity contribution < 1.29 is 4.79 Å². The van der Waals surface area contributed by atoms with Crippen LogP contribution in [0, 0.1) is 9.49 Å². The summed E-state index contributed by atoms with van der Waals surface area (Å²) in [4.78, 5) is 16.8. The quantitative estimate of drug-likeness (QED) is 0.658. The number of benzene rings is 1. The van der Waals surface area contributed by atoms with Crippen molar-refractivity contribution in [3.05, 3.63) is 31.8 Å². The number of carbonyl (C=O) groups is 1. The minimum Gasteiger partial charge on any atom is -0.339 e. The highest BCUT2D eigenvalue weighted by Gasteiger charge is 2.25. The Morgan fingerprint density at radius 2 is 2.05 bits per heavy atom. The summed E-state index contributed by atoms with van der Waals surface area (Å²) in [6.07, 6.45) is 2.21. The molecule has 1 aliphatic heterocycles. The van der Waals surface area contributed by atoms with E-state index in [1.165, 1.54) is 0 Å². The van der Waals surface area contributed by atoms with Gasteiger partial charge in [-0.15, -0.1) is 0 Å². The SMILES string of the molecule is CN(C)CC1CCN(C(=O)c2cc(I)ccc2Br)CC1. The van der Waals surface area contributed by atoms with Crippen LogP contribution in [0.2, 0.25) is 0 Å².